The van der Waals surface area contributed by atoms with Crippen molar-refractivity contribution in [2.75, 3.05) is 5.32 Å². The average Bonchev–Trinajstić information content (AvgIpc) is 3.13. The number of carbonyl (C=O) groups excluding carboxylic acids is 1. The van der Waals surface area contributed by atoms with Crippen molar-refractivity contribution in [3.8, 4) is 12.0 Å². The van der Waals surface area contributed by atoms with Gasteiger partial charge in [-0.3, -0.25) is 9.36 Å². The summed E-state index contributed by atoms with van der Waals surface area (Å²) in [6.07, 6.45) is 3.51. The zero-order valence-corrected chi connectivity index (χ0v) is 12.7. The second-order valence-electron chi connectivity index (χ2n) is 5.03. The van der Waals surface area contributed by atoms with E-state index in [0.717, 1.165) is 5.69 Å². The Morgan fingerprint density at radius 2 is 2.00 bits per heavy atom. The Labute approximate surface area is 133 Å². The van der Waals surface area contributed by atoms with Crippen LogP contribution in [0.2, 0.25) is 0 Å². The van der Waals surface area contributed by atoms with Crippen molar-refractivity contribution in [1.82, 2.24) is 9.55 Å². The molecule has 0 saturated carbocycles. The lowest BCUT2D eigenvalue weighted by Crippen LogP contribution is -2.15. The molecule has 0 spiro atoms. The fraction of sp³-hybridized carbons (Fsp3) is 0.118. The molecule has 3 aromatic heterocycles. The molecule has 3 rings (SSSR count). The van der Waals surface area contributed by atoms with Crippen LogP contribution in [0.4, 0.5) is 5.82 Å². The molecule has 114 valence electrons. The Balaban J connectivity index is 2.00. The third-order valence-corrected chi connectivity index (χ3v) is 3.37. The molecule has 23 heavy (non-hydrogen) atoms. The van der Waals surface area contributed by atoms with Gasteiger partial charge in [0.1, 0.15) is 28.8 Å². The van der Waals surface area contributed by atoms with E-state index in [9.17, 15) is 10.1 Å². The molecule has 1 amide bonds. The van der Waals surface area contributed by atoms with Crippen LogP contribution in [0.5, 0.6) is 0 Å². The highest BCUT2D eigenvalue weighted by Crippen LogP contribution is 2.26. The van der Waals surface area contributed by atoms with Gasteiger partial charge in [0.25, 0.3) is 5.91 Å². The molecule has 1 N–H and O–H groups in total. The van der Waals surface area contributed by atoms with Gasteiger partial charge >= 0.3 is 0 Å². The van der Waals surface area contributed by atoms with Crippen molar-refractivity contribution in [3.63, 3.8) is 0 Å². The number of carbonyl (C=O) groups is 1. The second kappa shape index (κ2) is 5.81. The van der Waals surface area contributed by atoms with E-state index < -0.39 is 5.91 Å². The largest absolute Gasteiger partial charge is 0.443 e. The number of nitrogens with zero attached hydrogens (tertiary/aromatic N) is 3. The van der Waals surface area contributed by atoms with Gasteiger partial charge in [-0.1, -0.05) is 6.07 Å². The van der Waals surface area contributed by atoms with Gasteiger partial charge in [0.15, 0.2) is 0 Å². The number of furan rings is 1. The zero-order valence-electron chi connectivity index (χ0n) is 12.7. The third kappa shape index (κ3) is 2.72. The number of nitrogens with one attached hydrogen (secondary N) is 1. The number of hydrogen-bond acceptors (Lipinski definition) is 4. The van der Waals surface area contributed by atoms with Crippen LogP contribution in [0.3, 0.4) is 0 Å². The molecular formula is C17H14N4O2. The van der Waals surface area contributed by atoms with Gasteiger partial charge in [-0.05, 0) is 38.1 Å². The van der Waals surface area contributed by atoms with Crippen LogP contribution in [-0.2, 0) is 0 Å². The Kier molecular flexibility index (Phi) is 3.69. The topological polar surface area (TPSA) is 83.9 Å². The number of rotatable bonds is 3. The van der Waals surface area contributed by atoms with Crippen LogP contribution in [-0.4, -0.2) is 15.5 Å². The summed E-state index contributed by atoms with van der Waals surface area (Å²) in [5.74, 6) is 0.731. The summed E-state index contributed by atoms with van der Waals surface area (Å²) in [7, 11) is 0. The van der Waals surface area contributed by atoms with E-state index in [4.69, 9.17) is 4.42 Å². The molecule has 3 heterocycles. The first-order valence-corrected chi connectivity index (χ1v) is 7.02. The Bertz CT molecular complexity index is 901. The van der Waals surface area contributed by atoms with Gasteiger partial charge in [-0.25, -0.2) is 4.98 Å². The van der Waals surface area contributed by atoms with Crippen molar-refractivity contribution >= 4 is 11.7 Å². The van der Waals surface area contributed by atoms with Crippen molar-refractivity contribution in [2.24, 2.45) is 0 Å². The predicted molar refractivity (Wildman–Crippen MR) is 84.4 cm³/mol. The van der Waals surface area contributed by atoms with Crippen molar-refractivity contribution in [3.05, 3.63) is 65.3 Å². The SMILES string of the molecule is Cc1cccc(NC(=O)c2c(C)oc(-n3cccc3)c2C#N)n1. The summed E-state index contributed by atoms with van der Waals surface area (Å²) < 4.78 is 7.28. The normalized spacial score (nSPS) is 10.3. The first-order valence-electron chi connectivity index (χ1n) is 7.02. The smallest absolute Gasteiger partial charge is 0.261 e. The minimum atomic E-state index is -0.417. The molecule has 6 nitrogen and oxygen atoms in total. The lowest BCUT2D eigenvalue weighted by atomic mass is 10.1. The minimum Gasteiger partial charge on any atom is -0.443 e. The van der Waals surface area contributed by atoms with Gasteiger partial charge in [-0.15, -0.1) is 0 Å². The van der Waals surface area contributed by atoms with Crippen LogP contribution in [0.1, 0.15) is 27.4 Å². The van der Waals surface area contributed by atoms with Gasteiger partial charge in [-0.2, -0.15) is 5.26 Å². The summed E-state index contributed by atoms with van der Waals surface area (Å²) in [6, 6.07) is 11.0. The molecular weight excluding hydrogens is 292 g/mol. The van der Waals surface area contributed by atoms with E-state index in [1.807, 2.05) is 25.1 Å². The summed E-state index contributed by atoms with van der Waals surface area (Å²) in [5, 5.41) is 12.2. The quantitative estimate of drug-likeness (QED) is 0.805. The van der Waals surface area contributed by atoms with Crippen LogP contribution in [0.25, 0.3) is 5.88 Å². The van der Waals surface area contributed by atoms with Crippen molar-refractivity contribution < 1.29 is 9.21 Å². The van der Waals surface area contributed by atoms with Gasteiger partial charge in [0.2, 0.25) is 5.88 Å². The standard InChI is InChI=1S/C17H14N4O2/c1-11-6-5-7-14(19-11)20-16(22)15-12(2)23-17(13(15)10-18)21-8-3-4-9-21/h3-9H,1-2H3,(H,19,20,22). The number of pyridine rings is 1. The average molecular weight is 306 g/mol. The van der Waals surface area contributed by atoms with E-state index in [-0.39, 0.29) is 11.1 Å². The lowest BCUT2D eigenvalue weighted by Gasteiger charge is -2.04. The monoisotopic (exact) mass is 306 g/mol. The Hall–Kier alpha value is -3.33. The molecule has 0 aliphatic rings. The molecule has 6 heteroatoms. The van der Waals surface area contributed by atoms with E-state index >= 15 is 0 Å². The first-order chi connectivity index (χ1) is 11.1. The molecule has 3 aromatic rings. The van der Waals surface area contributed by atoms with Crippen molar-refractivity contribution in [2.45, 2.75) is 13.8 Å². The van der Waals surface area contributed by atoms with Crippen LogP contribution in [0, 0.1) is 25.2 Å². The molecule has 0 bridgehead atoms. The summed E-state index contributed by atoms with van der Waals surface area (Å²) >= 11 is 0. The van der Waals surface area contributed by atoms with Gasteiger partial charge in [0, 0.05) is 18.1 Å². The first kappa shape index (κ1) is 14.6. The molecule has 0 unspecified atom stereocenters. The minimum absolute atomic E-state index is 0.198. The third-order valence-electron chi connectivity index (χ3n) is 3.37. The molecule has 0 aliphatic heterocycles. The number of aryl methyl sites for hydroxylation is 2. The molecule has 0 fully saturated rings. The van der Waals surface area contributed by atoms with Crippen LogP contribution < -0.4 is 5.32 Å². The fourth-order valence-electron chi connectivity index (χ4n) is 2.35. The highest BCUT2D eigenvalue weighted by molar-refractivity contribution is 6.06. The highest BCUT2D eigenvalue weighted by Gasteiger charge is 2.24. The van der Waals surface area contributed by atoms with Crippen molar-refractivity contribution in [1.29, 1.82) is 5.26 Å². The fourth-order valence-corrected chi connectivity index (χ4v) is 2.35. The second-order valence-corrected chi connectivity index (χ2v) is 5.03. The van der Waals surface area contributed by atoms with Crippen LogP contribution >= 0.6 is 0 Å². The maximum absolute atomic E-state index is 12.5. The maximum atomic E-state index is 12.5. The van der Waals surface area contributed by atoms with Crippen LogP contribution in [0.15, 0.2) is 47.1 Å². The number of aromatic nitrogens is 2. The molecule has 0 aromatic carbocycles. The van der Waals surface area contributed by atoms with E-state index in [1.165, 1.54) is 0 Å². The number of amides is 1. The maximum Gasteiger partial charge on any atom is 0.261 e. The zero-order chi connectivity index (χ0) is 16.4. The highest BCUT2D eigenvalue weighted by atomic mass is 16.4. The van der Waals surface area contributed by atoms with Gasteiger partial charge < -0.3 is 9.73 Å². The van der Waals surface area contributed by atoms with E-state index in [2.05, 4.69) is 16.4 Å². The number of anilines is 1. The number of hydrogen-bond donors (Lipinski definition) is 1. The Morgan fingerprint density at radius 3 is 2.65 bits per heavy atom. The lowest BCUT2D eigenvalue weighted by molar-refractivity contribution is 0.102. The van der Waals surface area contributed by atoms with E-state index in [1.54, 1.807) is 36.0 Å². The summed E-state index contributed by atoms with van der Waals surface area (Å²) in [5.41, 5.74) is 1.21. The molecule has 0 radical (unpaired) electrons. The summed E-state index contributed by atoms with van der Waals surface area (Å²) in [4.78, 5) is 16.8. The van der Waals surface area contributed by atoms with E-state index in [0.29, 0.717) is 17.5 Å². The molecule has 0 saturated heterocycles. The predicted octanol–water partition coefficient (Wildman–Crippen LogP) is 3.21. The van der Waals surface area contributed by atoms with Gasteiger partial charge in [0.05, 0.1) is 0 Å². The molecule has 0 aliphatic carbocycles. The number of nitriles is 1. The Morgan fingerprint density at radius 1 is 1.26 bits per heavy atom. The molecule has 0 atom stereocenters. The summed E-state index contributed by atoms with van der Waals surface area (Å²) in [6.45, 7) is 3.50.